The van der Waals surface area contributed by atoms with E-state index in [2.05, 4.69) is 0 Å². The molecule has 2 heterocycles. The van der Waals surface area contributed by atoms with Crippen molar-refractivity contribution in [3.63, 3.8) is 0 Å². The summed E-state index contributed by atoms with van der Waals surface area (Å²) < 4.78 is 50.3. The van der Waals surface area contributed by atoms with Crippen LogP contribution in [0.4, 0.5) is 18.0 Å². The predicted octanol–water partition coefficient (Wildman–Crippen LogP) is 5.27. The van der Waals surface area contributed by atoms with Crippen molar-refractivity contribution in [2.24, 2.45) is 0 Å². The number of amides is 1. The Balaban J connectivity index is 1.89. The second-order valence-electron chi connectivity index (χ2n) is 7.99. The average Bonchev–Trinajstić information content (AvgIpc) is 2.82. The highest BCUT2D eigenvalue weighted by atomic mass is 19.4. The Hall–Kier alpha value is -2.18. The number of fused-ring (bicyclic) bond motifs is 2. The molecule has 2 atom stereocenters. The lowest BCUT2D eigenvalue weighted by atomic mass is 9.93. The van der Waals surface area contributed by atoms with Gasteiger partial charge in [-0.1, -0.05) is 12.1 Å². The van der Waals surface area contributed by atoms with E-state index in [-0.39, 0.29) is 23.9 Å². The molecule has 1 amide bonds. The number of alkyl halides is 3. The number of ether oxygens (including phenoxy) is 2. The molecule has 148 valence electrons. The summed E-state index contributed by atoms with van der Waals surface area (Å²) in [6.45, 7) is 5.44. The number of nitrogens with zero attached hydrogens (tertiary/aromatic N) is 1. The number of hydrogen-bond donors (Lipinski definition) is 0. The highest BCUT2D eigenvalue weighted by Crippen LogP contribution is 2.42. The van der Waals surface area contributed by atoms with Gasteiger partial charge in [0.05, 0.1) is 18.7 Å². The Morgan fingerprint density at radius 3 is 2.44 bits per heavy atom. The SMILES string of the molecule is COc1ccc(C2=CC3CCC(C2)N3C(=O)OC(C)(C)C)cc1C(F)(F)F. The molecule has 2 unspecified atom stereocenters. The van der Waals surface area contributed by atoms with Gasteiger partial charge in [-0.2, -0.15) is 13.2 Å². The highest BCUT2D eigenvalue weighted by molar-refractivity contribution is 5.75. The fraction of sp³-hybridized carbons (Fsp3) is 0.550. The zero-order chi connectivity index (χ0) is 20.0. The molecule has 3 rings (SSSR count). The molecule has 4 nitrogen and oxygen atoms in total. The molecule has 0 spiro atoms. The Bertz CT molecular complexity index is 765. The molecule has 1 aromatic rings. The number of halogens is 3. The van der Waals surface area contributed by atoms with Gasteiger partial charge in [0.15, 0.2) is 0 Å². The largest absolute Gasteiger partial charge is 0.496 e. The van der Waals surface area contributed by atoms with Crippen molar-refractivity contribution in [1.82, 2.24) is 4.90 Å². The molecular formula is C20H24F3NO3. The first-order chi connectivity index (χ1) is 12.5. The Morgan fingerprint density at radius 2 is 1.89 bits per heavy atom. The molecule has 1 fully saturated rings. The van der Waals surface area contributed by atoms with E-state index in [1.807, 2.05) is 26.8 Å². The second kappa shape index (κ2) is 6.77. The lowest BCUT2D eigenvalue weighted by Crippen LogP contribution is -2.45. The number of carbonyl (C=O) groups excluding carboxylic acids is 1. The van der Waals surface area contributed by atoms with Crippen molar-refractivity contribution in [3.8, 4) is 5.75 Å². The van der Waals surface area contributed by atoms with Gasteiger partial charge in [-0.25, -0.2) is 4.79 Å². The van der Waals surface area contributed by atoms with Crippen LogP contribution in [0.15, 0.2) is 24.3 Å². The van der Waals surface area contributed by atoms with Gasteiger partial charge in [0, 0.05) is 6.04 Å². The van der Waals surface area contributed by atoms with Crippen LogP contribution in [0.25, 0.3) is 5.57 Å². The molecule has 0 N–H and O–H groups in total. The number of rotatable bonds is 2. The van der Waals surface area contributed by atoms with Gasteiger partial charge in [0.2, 0.25) is 0 Å². The van der Waals surface area contributed by atoms with Crippen LogP contribution in [0.1, 0.15) is 51.2 Å². The van der Waals surface area contributed by atoms with Crippen LogP contribution in [-0.2, 0) is 10.9 Å². The standard InChI is InChI=1S/C20H24F3NO3/c1-19(2,3)27-18(25)24-14-6-7-15(24)10-13(9-14)12-5-8-17(26-4)16(11-12)20(21,22)23/h5,8-9,11,14-15H,6-7,10H2,1-4H3. The summed E-state index contributed by atoms with van der Waals surface area (Å²) in [5, 5.41) is 0. The van der Waals surface area contributed by atoms with Crippen LogP contribution >= 0.6 is 0 Å². The third kappa shape index (κ3) is 4.06. The normalized spacial score (nSPS) is 22.5. The quantitative estimate of drug-likeness (QED) is 0.698. The summed E-state index contributed by atoms with van der Waals surface area (Å²) in [6.07, 6.45) is -0.842. The van der Waals surface area contributed by atoms with Gasteiger partial charge in [-0.05, 0) is 63.3 Å². The fourth-order valence-corrected chi connectivity index (χ4v) is 3.77. The maximum Gasteiger partial charge on any atom is 0.419 e. The zero-order valence-corrected chi connectivity index (χ0v) is 15.9. The van der Waals surface area contributed by atoms with Crippen LogP contribution in [0.3, 0.4) is 0 Å². The molecule has 7 heteroatoms. The predicted molar refractivity (Wildman–Crippen MR) is 95.5 cm³/mol. The molecule has 0 saturated carbocycles. The fourth-order valence-electron chi connectivity index (χ4n) is 3.77. The number of carbonyl (C=O) groups is 1. The molecule has 2 bridgehead atoms. The van der Waals surface area contributed by atoms with Gasteiger partial charge in [0.25, 0.3) is 0 Å². The van der Waals surface area contributed by atoms with E-state index >= 15 is 0 Å². The summed E-state index contributed by atoms with van der Waals surface area (Å²) in [5.41, 5.74) is -0.0254. The minimum absolute atomic E-state index is 0.0544. The Labute approximate surface area is 156 Å². The minimum atomic E-state index is -4.49. The van der Waals surface area contributed by atoms with E-state index in [4.69, 9.17) is 9.47 Å². The lowest BCUT2D eigenvalue weighted by molar-refractivity contribution is -0.138. The topological polar surface area (TPSA) is 38.8 Å². The molecule has 1 aromatic carbocycles. The Morgan fingerprint density at radius 1 is 1.19 bits per heavy atom. The molecule has 1 saturated heterocycles. The van der Waals surface area contributed by atoms with E-state index in [9.17, 15) is 18.0 Å². The minimum Gasteiger partial charge on any atom is -0.496 e. The first-order valence-corrected chi connectivity index (χ1v) is 8.97. The summed E-state index contributed by atoms with van der Waals surface area (Å²) in [7, 11) is 1.23. The highest BCUT2D eigenvalue weighted by Gasteiger charge is 2.42. The van der Waals surface area contributed by atoms with Crippen molar-refractivity contribution < 1.29 is 27.4 Å². The van der Waals surface area contributed by atoms with Crippen LogP contribution in [0.2, 0.25) is 0 Å². The first kappa shape index (κ1) is 19.6. The number of methoxy groups -OCH3 is 1. The number of benzene rings is 1. The van der Waals surface area contributed by atoms with Crippen molar-refractivity contribution in [2.45, 2.75) is 63.9 Å². The smallest absolute Gasteiger partial charge is 0.419 e. The van der Waals surface area contributed by atoms with Gasteiger partial charge >= 0.3 is 12.3 Å². The zero-order valence-electron chi connectivity index (χ0n) is 15.9. The van der Waals surface area contributed by atoms with E-state index < -0.39 is 17.3 Å². The van der Waals surface area contributed by atoms with Crippen molar-refractivity contribution in [1.29, 1.82) is 0 Å². The third-order valence-corrected chi connectivity index (χ3v) is 4.88. The maximum absolute atomic E-state index is 13.3. The molecule has 27 heavy (non-hydrogen) atoms. The third-order valence-electron chi connectivity index (χ3n) is 4.88. The first-order valence-electron chi connectivity index (χ1n) is 8.97. The van der Waals surface area contributed by atoms with Gasteiger partial charge in [0.1, 0.15) is 11.4 Å². The summed E-state index contributed by atoms with van der Waals surface area (Å²) in [5.74, 6) is -0.194. The van der Waals surface area contributed by atoms with E-state index in [1.165, 1.54) is 13.2 Å². The van der Waals surface area contributed by atoms with Crippen LogP contribution in [0, 0.1) is 0 Å². The van der Waals surface area contributed by atoms with Crippen LogP contribution < -0.4 is 4.74 Å². The molecular weight excluding hydrogens is 359 g/mol. The van der Waals surface area contributed by atoms with E-state index in [1.54, 1.807) is 11.0 Å². The monoisotopic (exact) mass is 383 g/mol. The molecule has 2 aliphatic rings. The summed E-state index contributed by atoms with van der Waals surface area (Å²) >= 11 is 0. The van der Waals surface area contributed by atoms with Gasteiger partial charge in [-0.15, -0.1) is 0 Å². The van der Waals surface area contributed by atoms with Crippen molar-refractivity contribution in [3.05, 3.63) is 35.4 Å². The van der Waals surface area contributed by atoms with Crippen LogP contribution in [0.5, 0.6) is 5.75 Å². The Kier molecular flexibility index (Phi) is 4.91. The van der Waals surface area contributed by atoms with Crippen molar-refractivity contribution >= 4 is 11.7 Å². The van der Waals surface area contributed by atoms with Crippen molar-refractivity contribution in [2.75, 3.05) is 7.11 Å². The van der Waals surface area contributed by atoms with E-state index in [0.717, 1.165) is 24.5 Å². The van der Waals surface area contributed by atoms with E-state index in [0.29, 0.717) is 12.0 Å². The summed E-state index contributed by atoms with van der Waals surface area (Å²) in [4.78, 5) is 14.2. The maximum atomic E-state index is 13.3. The van der Waals surface area contributed by atoms with Crippen LogP contribution in [-0.4, -0.2) is 35.8 Å². The van der Waals surface area contributed by atoms with Gasteiger partial charge in [-0.3, -0.25) is 4.90 Å². The summed E-state index contributed by atoms with van der Waals surface area (Å²) in [6, 6.07) is 3.92. The second-order valence-corrected chi connectivity index (χ2v) is 7.99. The molecule has 0 radical (unpaired) electrons. The number of hydrogen-bond acceptors (Lipinski definition) is 3. The lowest BCUT2D eigenvalue weighted by Gasteiger charge is -2.35. The molecule has 0 aromatic heterocycles. The average molecular weight is 383 g/mol. The molecule has 2 aliphatic heterocycles. The van der Waals surface area contributed by atoms with Gasteiger partial charge < -0.3 is 9.47 Å². The molecule has 0 aliphatic carbocycles.